The van der Waals surface area contributed by atoms with Gasteiger partial charge in [0.1, 0.15) is 18.0 Å². The molecule has 0 aliphatic rings. The van der Waals surface area contributed by atoms with Crippen LogP contribution in [-0.4, -0.2) is 22.8 Å². The maximum atomic E-state index is 12.3. The van der Waals surface area contributed by atoms with Gasteiger partial charge >= 0.3 is 5.97 Å². The number of anilines is 1. The minimum atomic E-state index is -0.530. The molecule has 4 rings (SSSR count). The molecule has 1 heterocycles. The summed E-state index contributed by atoms with van der Waals surface area (Å²) in [4.78, 5) is 17.1. The van der Waals surface area contributed by atoms with Crippen LogP contribution in [0.25, 0.3) is 22.2 Å². The highest BCUT2D eigenvalue weighted by atomic mass is 32.2. The molecule has 0 aliphatic heterocycles. The molecule has 0 amide bonds. The number of benzene rings is 3. The highest BCUT2D eigenvalue weighted by Gasteiger charge is 2.18. The van der Waals surface area contributed by atoms with Gasteiger partial charge in [0, 0.05) is 22.9 Å². The first kappa shape index (κ1) is 23.6. The van der Waals surface area contributed by atoms with Gasteiger partial charge < -0.3 is 14.2 Å². The summed E-state index contributed by atoms with van der Waals surface area (Å²) in [6, 6.07) is 25.5. The van der Waals surface area contributed by atoms with Crippen molar-refractivity contribution in [3.63, 3.8) is 0 Å². The molecule has 3 aromatic carbocycles. The first-order valence-electron chi connectivity index (χ1n) is 11.1. The Kier molecular flexibility index (Phi) is 7.08. The van der Waals surface area contributed by atoms with Crippen LogP contribution in [0.3, 0.4) is 0 Å². The second-order valence-electron chi connectivity index (χ2n) is 8.93. The number of ether oxygens (including phenoxy) is 2. The van der Waals surface area contributed by atoms with Gasteiger partial charge in [-0.3, -0.25) is 0 Å². The zero-order valence-corrected chi connectivity index (χ0v) is 20.6. The van der Waals surface area contributed by atoms with Gasteiger partial charge in [-0.05, 0) is 74.9 Å². The number of aromatic nitrogens is 1. The largest absolute Gasteiger partial charge is 0.489 e. The number of fused-ring (bicyclic) bond motifs is 1. The molecule has 1 N–H and O–H groups in total. The number of carbonyl (C=O) groups excluding carboxylic acids is 1. The fourth-order valence-corrected chi connectivity index (χ4v) is 3.84. The number of carbonyl (C=O) groups is 1. The lowest BCUT2D eigenvalue weighted by Crippen LogP contribution is -2.23. The SMILES string of the molecule is CSNc1ccc(-c2ccc3cc(OCc4cccc(C(=O)OC(C)(C)C)c4)ccc3n2)cc1. The Labute approximate surface area is 204 Å². The van der Waals surface area contributed by atoms with Crippen molar-refractivity contribution in [2.45, 2.75) is 33.0 Å². The van der Waals surface area contributed by atoms with Crippen LogP contribution in [0.1, 0.15) is 36.7 Å². The van der Waals surface area contributed by atoms with Crippen LogP contribution in [-0.2, 0) is 11.3 Å². The van der Waals surface area contributed by atoms with Gasteiger partial charge in [0.25, 0.3) is 0 Å². The van der Waals surface area contributed by atoms with Gasteiger partial charge in [-0.2, -0.15) is 0 Å². The average Bonchev–Trinajstić information content (AvgIpc) is 2.82. The Morgan fingerprint density at radius 1 is 0.971 bits per heavy atom. The number of esters is 1. The van der Waals surface area contributed by atoms with E-state index in [0.29, 0.717) is 12.2 Å². The van der Waals surface area contributed by atoms with Crippen molar-refractivity contribution in [2.24, 2.45) is 0 Å². The van der Waals surface area contributed by atoms with Crippen LogP contribution in [0, 0.1) is 0 Å². The Bertz CT molecular complexity index is 1300. The molecule has 174 valence electrons. The van der Waals surface area contributed by atoms with E-state index in [9.17, 15) is 4.79 Å². The van der Waals surface area contributed by atoms with Crippen molar-refractivity contribution in [3.05, 3.63) is 90.0 Å². The molecule has 0 spiro atoms. The Hall–Kier alpha value is -3.51. The smallest absolute Gasteiger partial charge is 0.338 e. The van der Waals surface area contributed by atoms with Gasteiger partial charge in [0.05, 0.1) is 16.8 Å². The molecule has 0 saturated heterocycles. The van der Waals surface area contributed by atoms with Gasteiger partial charge in [-0.25, -0.2) is 9.78 Å². The van der Waals surface area contributed by atoms with Crippen molar-refractivity contribution in [1.29, 1.82) is 0 Å². The van der Waals surface area contributed by atoms with Crippen LogP contribution in [0.15, 0.2) is 78.9 Å². The van der Waals surface area contributed by atoms with Gasteiger partial charge in [0.15, 0.2) is 0 Å². The summed E-state index contributed by atoms with van der Waals surface area (Å²) in [5.74, 6) is 0.411. The third-order valence-electron chi connectivity index (χ3n) is 5.03. The van der Waals surface area contributed by atoms with Gasteiger partial charge in [-0.15, -0.1) is 0 Å². The minimum absolute atomic E-state index is 0.336. The summed E-state index contributed by atoms with van der Waals surface area (Å²) in [6.07, 6.45) is 2.00. The summed E-state index contributed by atoms with van der Waals surface area (Å²) in [5, 5.41) is 1.00. The second-order valence-corrected chi connectivity index (χ2v) is 9.54. The molecular formula is C28H28N2O3S. The van der Waals surface area contributed by atoms with Crippen LogP contribution in [0.4, 0.5) is 5.69 Å². The van der Waals surface area contributed by atoms with E-state index < -0.39 is 5.60 Å². The van der Waals surface area contributed by atoms with Gasteiger partial charge in [0.2, 0.25) is 0 Å². The molecule has 1 aromatic heterocycles. The quantitative estimate of drug-likeness (QED) is 0.228. The Morgan fingerprint density at radius 3 is 2.50 bits per heavy atom. The molecule has 0 unspecified atom stereocenters. The molecule has 0 atom stereocenters. The standard InChI is InChI=1S/C28H28N2O3S/c1-28(2,3)33-27(31)22-7-5-6-19(16-22)18-32-24-13-15-26-21(17-24)10-14-25(29-26)20-8-11-23(12-9-20)30-34-4/h5-17,30H,18H2,1-4H3. The highest BCUT2D eigenvalue weighted by Crippen LogP contribution is 2.26. The summed E-state index contributed by atoms with van der Waals surface area (Å²) in [6.45, 7) is 5.92. The van der Waals surface area contributed by atoms with Crippen LogP contribution in [0.2, 0.25) is 0 Å². The average molecular weight is 473 g/mol. The Balaban J connectivity index is 1.45. The maximum Gasteiger partial charge on any atom is 0.338 e. The van der Waals surface area contributed by atoms with Crippen molar-refractivity contribution in [3.8, 4) is 17.0 Å². The number of pyridine rings is 1. The number of hydrogen-bond donors (Lipinski definition) is 1. The summed E-state index contributed by atoms with van der Waals surface area (Å²) in [5.41, 5.74) is 4.85. The maximum absolute atomic E-state index is 12.3. The molecule has 0 saturated carbocycles. The molecule has 34 heavy (non-hydrogen) atoms. The molecule has 4 aromatic rings. The normalized spacial score (nSPS) is 11.3. The number of nitrogens with zero attached hydrogens (tertiary/aromatic N) is 1. The second kappa shape index (κ2) is 10.2. The van der Waals surface area contributed by atoms with E-state index in [-0.39, 0.29) is 5.97 Å². The third kappa shape index (κ3) is 6.08. The molecule has 0 bridgehead atoms. The van der Waals surface area contributed by atoms with Crippen LogP contribution in [0.5, 0.6) is 5.75 Å². The van der Waals surface area contributed by atoms with Crippen LogP contribution >= 0.6 is 11.9 Å². The number of nitrogens with one attached hydrogen (secondary N) is 1. The monoisotopic (exact) mass is 472 g/mol. The first-order valence-corrected chi connectivity index (χ1v) is 12.3. The van der Waals surface area contributed by atoms with E-state index in [1.54, 1.807) is 18.0 Å². The predicted molar refractivity (Wildman–Crippen MR) is 140 cm³/mol. The zero-order chi connectivity index (χ0) is 24.1. The highest BCUT2D eigenvalue weighted by molar-refractivity contribution is 7.99. The van der Waals surface area contributed by atoms with Gasteiger partial charge in [-0.1, -0.05) is 42.3 Å². The third-order valence-corrected chi connectivity index (χ3v) is 5.47. The molecule has 0 aliphatic carbocycles. The predicted octanol–water partition coefficient (Wildman–Crippen LogP) is 7.13. The van der Waals surface area contributed by atoms with Crippen molar-refractivity contribution < 1.29 is 14.3 Å². The molecular weight excluding hydrogens is 444 g/mol. The van der Waals surface area contributed by atoms with E-state index in [1.165, 1.54) is 0 Å². The first-order chi connectivity index (χ1) is 16.3. The van der Waals surface area contributed by atoms with E-state index in [0.717, 1.165) is 39.2 Å². The summed E-state index contributed by atoms with van der Waals surface area (Å²) in [7, 11) is 0. The Morgan fingerprint density at radius 2 is 1.76 bits per heavy atom. The van der Waals surface area contributed by atoms with E-state index in [2.05, 4.69) is 22.9 Å². The summed E-state index contributed by atoms with van der Waals surface area (Å²) >= 11 is 1.57. The van der Waals surface area contributed by atoms with E-state index in [4.69, 9.17) is 14.5 Å². The summed E-state index contributed by atoms with van der Waals surface area (Å²) < 4.78 is 14.7. The zero-order valence-electron chi connectivity index (χ0n) is 19.8. The van der Waals surface area contributed by atoms with Crippen molar-refractivity contribution in [1.82, 2.24) is 4.98 Å². The molecule has 5 nitrogen and oxygen atoms in total. The van der Waals surface area contributed by atoms with Crippen molar-refractivity contribution in [2.75, 3.05) is 11.0 Å². The van der Waals surface area contributed by atoms with Crippen molar-refractivity contribution >= 4 is 34.5 Å². The minimum Gasteiger partial charge on any atom is -0.489 e. The van der Waals surface area contributed by atoms with Crippen LogP contribution < -0.4 is 9.46 Å². The fraction of sp³-hybridized carbons (Fsp3) is 0.214. The molecule has 0 fully saturated rings. The lowest BCUT2D eigenvalue weighted by Gasteiger charge is -2.19. The van der Waals surface area contributed by atoms with E-state index >= 15 is 0 Å². The molecule has 0 radical (unpaired) electrons. The van der Waals surface area contributed by atoms with E-state index in [1.807, 2.05) is 81.6 Å². The molecule has 6 heteroatoms. The number of hydrogen-bond acceptors (Lipinski definition) is 6. The topological polar surface area (TPSA) is 60.5 Å². The lowest BCUT2D eigenvalue weighted by molar-refractivity contribution is 0.00693. The lowest BCUT2D eigenvalue weighted by atomic mass is 10.1. The fourth-order valence-electron chi connectivity index (χ4n) is 3.47. The number of rotatable bonds is 7.